The third-order valence-corrected chi connectivity index (χ3v) is 4.90. The number of amides is 1. The number of carboxylic acids is 1. The quantitative estimate of drug-likeness (QED) is 0.825. The van der Waals surface area contributed by atoms with E-state index in [-0.39, 0.29) is 13.0 Å². The second kappa shape index (κ2) is 7.53. The van der Waals surface area contributed by atoms with Gasteiger partial charge in [-0.15, -0.1) is 0 Å². The fourth-order valence-electron chi connectivity index (χ4n) is 3.36. The van der Waals surface area contributed by atoms with E-state index >= 15 is 0 Å². The standard InChI is InChI=1S/C21H19N3O4/c1-21(20(26)27)11-17(23-28-2)13-24(21)19(25)15-9-7-14(8-10-15)18-6-4-3-5-16(18)12-22/h3-10H,11,13H2,1-2H3,(H,26,27)/t21-/m0/s1. The van der Waals surface area contributed by atoms with Crippen LogP contribution in [-0.4, -0.2) is 46.8 Å². The second-order valence-corrected chi connectivity index (χ2v) is 6.72. The molecule has 1 aliphatic rings. The Labute approximate surface area is 162 Å². The van der Waals surface area contributed by atoms with Crippen molar-refractivity contribution in [3.63, 3.8) is 0 Å². The minimum atomic E-state index is -1.39. The molecule has 142 valence electrons. The first-order chi connectivity index (χ1) is 13.4. The fourth-order valence-corrected chi connectivity index (χ4v) is 3.36. The van der Waals surface area contributed by atoms with Crippen LogP contribution in [0.4, 0.5) is 0 Å². The highest BCUT2D eigenvalue weighted by molar-refractivity contribution is 6.06. The summed E-state index contributed by atoms with van der Waals surface area (Å²) in [6.07, 6.45) is 0.107. The third-order valence-electron chi connectivity index (χ3n) is 4.90. The minimum absolute atomic E-state index is 0.0918. The normalized spacial score (nSPS) is 20.0. The van der Waals surface area contributed by atoms with Crippen molar-refractivity contribution in [1.82, 2.24) is 4.90 Å². The first-order valence-electron chi connectivity index (χ1n) is 8.64. The zero-order valence-electron chi connectivity index (χ0n) is 15.5. The van der Waals surface area contributed by atoms with Crippen LogP contribution >= 0.6 is 0 Å². The molecule has 0 bridgehead atoms. The lowest BCUT2D eigenvalue weighted by atomic mass is 9.97. The maximum absolute atomic E-state index is 13.0. The number of nitriles is 1. The van der Waals surface area contributed by atoms with Crippen LogP contribution in [0.3, 0.4) is 0 Å². The largest absolute Gasteiger partial charge is 0.479 e. The molecule has 0 unspecified atom stereocenters. The molecule has 2 aromatic rings. The van der Waals surface area contributed by atoms with Crippen LogP contribution in [0, 0.1) is 11.3 Å². The van der Waals surface area contributed by atoms with E-state index in [9.17, 15) is 20.0 Å². The van der Waals surface area contributed by atoms with Gasteiger partial charge in [0.25, 0.3) is 5.91 Å². The summed E-state index contributed by atoms with van der Waals surface area (Å²) in [5, 5.41) is 22.7. The van der Waals surface area contributed by atoms with Crippen molar-refractivity contribution in [2.24, 2.45) is 5.16 Å². The molecule has 0 radical (unpaired) electrons. The summed E-state index contributed by atoms with van der Waals surface area (Å²) in [5.74, 6) is -1.49. The summed E-state index contributed by atoms with van der Waals surface area (Å²) in [7, 11) is 1.38. The molecule has 1 heterocycles. The summed E-state index contributed by atoms with van der Waals surface area (Å²) in [4.78, 5) is 30.9. The van der Waals surface area contributed by atoms with Gasteiger partial charge in [-0.1, -0.05) is 35.5 Å². The van der Waals surface area contributed by atoms with Gasteiger partial charge in [0.05, 0.1) is 23.9 Å². The van der Waals surface area contributed by atoms with Gasteiger partial charge in [0.2, 0.25) is 0 Å². The molecule has 1 saturated heterocycles. The summed E-state index contributed by atoms with van der Waals surface area (Å²) in [6, 6.07) is 16.1. The van der Waals surface area contributed by atoms with Crippen molar-refractivity contribution in [3.8, 4) is 17.2 Å². The van der Waals surface area contributed by atoms with E-state index in [0.29, 0.717) is 16.8 Å². The van der Waals surface area contributed by atoms with Crippen LogP contribution in [0.5, 0.6) is 0 Å². The molecule has 1 atom stereocenters. The SMILES string of the molecule is CON=C1CN(C(=O)c2ccc(-c3ccccc3C#N)cc2)[C@](C)(C(=O)O)C1. The average molecular weight is 377 g/mol. The van der Waals surface area contributed by atoms with Crippen molar-refractivity contribution >= 4 is 17.6 Å². The highest BCUT2D eigenvalue weighted by Gasteiger charge is 2.49. The molecule has 0 aliphatic carbocycles. The molecule has 0 saturated carbocycles. The Morgan fingerprint density at radius 3 is 2.50 bits per heavy atom. The van der Waals surface area contributed by atoms with Crippen LogP contribution in [0.25, 0.3) is 11.1 Å². The number of aliphatic carboxylic acids is 1. The number of carbonyl (C=O) groups is 2. The molecule has 1 aliphatic heterocycles. The van der Waals surface area contributed by atoms with Crippen LogP contribution < -0.4 is 0 Å². The maximum atomic E-state index is 13.0. The molecule has 2 aromatic carbocycles. The van der Waals surface area contributed by atoms with Crippen molar-refractivity contribution in [2.45, 2.75) is 18.9 Å². The van der Waals surface area contributed by atoms with Crippen LogP contribution in [0.15, 0.2) is 53.7 Å². The Bertz CT molecular complexity index is 991. The van der Waals surface area contributed by atoms with Crippen LogP contribution in [0.1, 0.15) is 29.3 Å². The monoisotopic (exact) mass is 377 g/mol. The molecule has 0 aromatic heterocycles. The van der Waals surface area contributed by atoms with Gasteiger partial charge in [0.15, 0.2) is 0 Å². The number of benzene rings is 2. The molecule has 7 nitrogen and oxygen atoms in total. The molecule has 1 fully saturated rings. The lowest BCUT2D eigenvalue weighted by Crippen LogP contribution is -2.50. The summed E-state index contributed by atoms with van der Waals surface area (Å²) < 4.78 is 0. The van der Waals surface area contributed by atoms with E-state index < -0.39 is 17.4 Å². The van der Waals surface area contributed by atoms with E-state index in [1.165, 1.54) is 18.9 Å². The third kappa shape index (κ3) is 3.32. The zero-order valence-corrected chi connectivity index (χ0v) is 15.5. The lowest BCUT2D eigenvalue weighted by molar-refractivity contribution is -0.147. The summed E-state index contributed by atoms with van der Waals surface area (Å²) in [5.41, 5.74) is 1.60. The molecular weight excluding hydrogens is 358 g/mol. The highest BCUT2D eigenvalue weighted by atomic mass is 16.6. The zero-order chi connectivity index (χ0) is 20.3. The van der Waals surface area contributed by atoms with Gasteiger partial charge < -0.3 is 14.8 Å². The molecule has 28 heavy (non-hydrogen) atoms. The molecule has 0 spiro atoms. The van der Waals surface area contributed by atoms with Crippen LogP contribution in [-0.2, 0) is 9.63 Å². The topological polar surface area (TPSA) is 103 Å². The Kier molecular flexibility index (Phi) is 5.14. The number of carbonyl (C=O) groups excluding carboxylic acids is 1. The van der Waals surface area contributed by atoms with E-state index in [4.69, 9.17) is 4.84 Å². The van der Waals surface area contributed by atoms with E-state index in [1.54, 1.807) is 36.4 Å². The lowest BCUT2D eigenvalue weighted by Gasteiger charge is -2.30. The second-order valence-electron chi connectivity index (χ2n) is 6.72. The predicted molar refractivity (Wildman–Crippen MR) is 103 cm³/mol. The number of nitrogens with zero attached hydrogens (tertiary/aromatic N) is 3. The van der Waals surface area contributed by atoms with Gasteiger partial charge in [-0.3, -0.25) is 4.79 Å². The van der Waals surface area contributed by atoms with Gasteiger partial charge in [0.1, 0.15) is 12.6 Å². The van der Waals surface area contributed by atoms with E-state index in [0.717, 1.165) is 11.1 Å². The van der Waals surface area contributed by atoms with Gasteiger partial charge in [-0.05, 0) is 36.2 Å². The number of hydrogen-bond acceptors (Lipinski definition) is 5. The van der Waals surface area contributed by atoms with Crippen molar-refractivity contribution < 1.29 is 19.5 Å². The number of hydrogen-bond donors (Lipinski definition) is 1. The van der Waals surface area contributed by atoms with Crippen molar-refractivity contribution in [2.75, 3.05) is 13.7 Å². The fraction of sp³-hybridized carbons (Fsp3) is 0.238. The van der Waals surface area contributed by atoms with E-state index in [2.05, 4.69) is 11.2 Å². The average Bonchev–Trinajstić information content (AvgIpc) is 3.05. The molecule has 1 amide bonds. The predicted octanol–water partition coefficient (Wildman–Crippen LogP) is 2.92. The van der Waals surface area contributed by atoms with Crippen molar-refractivity contribution in [1.29, 1.82) is 5.26 Å². The van der Waals surface area contributed by atoms with Gasteiger partial charge in [0, 0.05) is 12.0 Å². The van der Waals surface area contributed by atoms with Gasteiger partial charge >= 0.3 is 5.97 Å². The van der Waals surface area contributed by atoms with Gasteiger partial charge in [-0.25, -0.2) is 4.79 Å². The molecule has 3 rings (SSSR count). The first-order valence-corrected chi connectivity index (χ1v) is 8.64. The number of likely N-dealkylation sites (tertiary alicyclic amines) is 1. The number of oxime groups is 1. The first kappa shape index (κ1) is 19.1. The smallest absolute Gasteiger partial charge is 0.329 e. The van der Waals surface area contributed by atoms with Crippen LogP contribution in [0.2, 0.25) is 0 Å². The highest BCUT2D eigenvalue weighted by Crippen LogP contribution is 2.30. The number of carboxylic acid groups (broad SMARTS) is 1. The summed E-state index contributed by atoms with van der Waals surface area (Å²) in [6.45, 7) is 1.59. The molecule has 7 heteroatoms. The molecular formula is C21H19N3O4. The summed E-state index contributed by atoms with van der Waals surface area (Å²) >= 11 is 0. The number of rotatable bonds is 4. The Morgan fingerprint density at radius 1 is 1.21 bits per heavy atom. The maximum Gasteiger partial charge on any atom is 0.329 e. The van der Waals surface area contributed by atoms with Gasteiger partial charge in [-0.2, -0.15) is 5.26 Å². The van der Waals surface area contributed by atoms with Crippen molar-refractivity contribution in [3.05, 3.63) is 59.7 Å². The van der Waals surface area contributed by atoms with E-state index in [1.807, 2.05) is 12.1 Å². The molecule has 1 N–H and O–H groups in total. The Morgan fingerprint density at radius 2 is 1.89 bits per heavy atom. The minimum Gasteiger partial charge on any atom is -0.479 e. The Balaban J connectivity index is 1.91. The Hall–Kier alpha value is -3.66.